The molecule has 3 nitrogen and oxygen atoms in total. The third-order valence-electron chi connectivity index (χ3n) is 2.31. The average molecular weight is 276 g/mol. The van der Waals surface area contributed by atoms with Gasteiger partial charge in [0, 0.05) is 27.6 Å². The number of thioether (sulfide) groups is 1. The van der Waals surface area contributed by atoms with Gasteiger partial charge in [0.2, 0.25) is 0 Å². The number of anilines is 1. The molecular weight excluding hydrogens is 266 g/mol. The van der Waals surface area contributed by atoms with E-state index in [0.29, 0.717) is 16.4 Å². The molecule has 0 radical (unpaired) electrons. The number of rotatable bonds is 3. The highest BCUT2D eigenvalue weighted by Crippen LogP contribution is 2.30. The van der Waals surface area contributed by atoms with Crippen LogP contribution in [0.3, 0.4) is 0 Å². The van der Waals surface area contributed by atoms with Gasteiger partial charge in [0.05, 0.1) is 0 Å². The van der Waals surface area contributed by atoms with Crippen LogP contribution in [0, 0.1) is 11.3 Å². The van der Waals surface area contributed by atoms with E-state index in [0.717, 1.165) is 16.2 Å². The topological polar surface area (TPSA) is 62.7 Å². The van der Waals surface area contributed by atoms with Gasteiger partial charge in [-0.1, -0.05) is 11.6 Å². The fraction of sp³-hybridized carbons (Fsp3) is 0.0769. The number of halogens is 1. The molecule has 0 unspecified atom stereocenters. The number of nitrogens with two attached hydrogens (primary N) is 1. The minimum Gasteiger partial charge on any atom is -0.398 e. The maximum absolute atomic E-state index is 8.77. The summed E-state index contributed by atoms with van der Waals surface area (Å²) in [6.07, 6.45) is 1.63. The van der Waals surface area contributed by atoms with Gasteiger partial charge >= 0.3 is 0 Å². The second-order valence-corrected chi connectivity index (χ2v) is 5.09. The second kappa shape index (κ2) is 5.76. The van der Waals surface area contributed by atoms with Crippen molar-refractivity contribution >= 4 is 29.1 Å². The van der Waals surface area contributed by atoms with Crippen LogP contribution >= 0.6 is 23.4 Å². The van der Waals surface area contributed by atoms with Crippen LogP contribution in [0.2, 0.25) is 5.02 Å². The molecule has 0 aliphatic heterocycles. The molecule has 90 valence electrons. The van der Waals surface area contributed by atoms with Crippen molar-refractivity contribution in [3.05, 3.63) is 52.8 Å². The summed E-state index contributed by atoms with van der Waals surface area (Å²) in [6, 6.07) is 11.1. The number of benzene rings is 1. The van der Waals surface area contributed by atoms with Crippen molar-refractivity contribution in [3.63, 3.8) is 0 Å². The number of nitrogen functional groups attached to an aromatic ring is 1. The zero-order valence-electron chi connectivity index (χ0n) is 9.43. The molecule has 1 heterocycles. The SMILES string of the molecule is N#Cc1cc(CSc2cc(Cl)ccc2N)ccn1. The number of aromatic nitrogens is 1. The third-order valence-corrected chi connectivity index (χ3v) is 3.69. The molecule has 5 heteroatoms. The molecule has 2 aromatic rings. The highest BCUT2D eigenvalue weighted by atomic mass is 35.5. The van der Waals surface area contributed by atoms with E-state index in [9.17, 15) is 0 Å². The number of nitrogens with zero attached hydrogens (tertiary/aromatic N) is 2. The molecule has 0 atom stereocenters. The van der Waals surface area contributed by atoms with E-state index in [1.165, 1.54) is 0 Å². The van der Waals surface area contributed by atoms with Crippen LogP contribution in [0.4, 0.5) is 5.69 Å². The zero-order chi connectivity index (χ0) is 13.0. The summed E-state index contributed by atoms with van der Waals surface area (Å²) in [5.41, 5.74) is 8.03. The summed E-state index contributed by atoms with van der Waals surface area (Å²) < 4.78 is 0. The molecule has 0 amide bonds. The van der Waals surface area contributed by atoms with Gasteiger partial charge in [0.25, 0.3) is 0 Å². The molecule has 1 aromatic carbocycles. The molecule has 0 saturated carbocycles. The molecule has 2 rings (SSSR count). The molecule has 2 N–H and O–H groups in total. The van der Waals surface area contributed by atoms with Crippen LogP contribution in [0.15, 0.2) is 41.4 Å². The van der Waals surface area contributed by atoms with Gasteiger partial charge in [0.15, 0.2) is 0 Å². The Morgan fingerprint density at radius 2 is 2.17 bits per heavy atom. The van der Waals surface area contributed by atoms with Crippen molar-refractivity contribution in [2.75, 3.05) is 5.73 Å². The fourth-order valence-corrected chi connectivity index (χ4v) is 2.60. The van der Waals surface area contributed by atoms with E-state index < -0.39 is 0 Å². The summed E-state index contributed by atoms with van der Waals surface area (Å²) in [6.45, 7) is 0. The smallest absolute Gasteiger partial charge is 0.140 e. The van der Waals surface area contributed by atoms with Crippen molar-refractivity contribution in [2.45, 2.75) is 10.6 Å². The second-order valence-electron chi connectivity index (χ2n) is 3.63. The molecular formula is C13H10ClN3S. The van der Waals surface area contributed by atoms with E-state index >= 15 is 0 Å². The van der Waals surface area contributed by atoms with Gasteiger partial charge in [-0.25, -0.2) is 4.98 Å². The number of pyridine rings is 1. The predicted molar refractivity (Wildman–Crippen MR) is 74.4 cm³/mol. The lowest BCUT2D eigenvalue weighted by Gasteiger charge is -2.06. The summed E-state index contributed by atoms with van der Waals surface area (Å²) in [5.74, 6) is 0.724. The Balaban J connectivity index is 2.11. The minimum absolute atomic E-state index is 0.423. The molecule has 0 fully saturated rings. The Bertz CT molecular complexity index is 607. The van der Waals surface area contributed by atoms with Crippen molar-refractivity contribution in [2.24, 2.45) is 0 Å². The summed E-state index contributed by atoms with van der Waals surface area (Å²) in [5, 5.41) is 9.44. The first-order valence-corrected chi connectivity index (χ1v) is 6.58. The lowest BCUT2D eigenvalue weighted by molar-refractivity contribution is 1.22. The third kappa shape index (κ3) is 3.16. The lowest BCUT2D eigenvalue weighted by Crippen LogP contribution is -1.90. The van der Waals surface area contributed by atoms with Crippen molar-refractivity contribution in [3.8, 4) is 6.07 Å². The van der Waals surface area contributed by atoms with Crippen molar-refractivity contribution < 1.29 is 0 Å². The zero-order valence-corrected chi connectivity index (χ0v) is 11.0. The highest BCUT2D eigenvalue weighted by Gasteiger charge is 2.03. The van der Waals surface area contributed by atoms with Crippen LogP contribution in [-0.2, 0) is 5.75 Å². The molecule has 0 spiro atoms. The van der Waals surface area contributed by atoms with Crippen molar-refractivity contribution in [1.82, 2.24) is 4.98 Å². The van der Waals surface area contributed by atoms with E-state index in [1.54, 1.807) is 36.2 Å². The monoisotopic (exact) mass is 275 g/mol. The molecule has 0 aliphatic carbocycles. The van der Waals surface area contributed by atoms with E-state index in [2.05, 4.69) is 4.98 Å². The first kappa shape index (κ1) is 12.7. The summed E-state index contributed by atoms with van der Waals surface area (Å²) in [7, 11) is 0. The fourth-order valence-electron chi connectivity index (χ4n) is 1.42. The van der Waals surface area contributed by atoms with Gasteiger partial charge in [-0.2, -0.15) is 5.26 Å². The van der Waals surface area contributed by atoms with Crippen LogP contribution in [0.25, 0.3) is 0 Å². The Labute approximate surface area is 115 Å². The Kier molecular flexibility index (Phi) is 4.08. The normalized spacial score (nSPS) is 10.0. The van der Waals surface area contributed by atoms with Gasteiger partial charge in [-0.05, 0) is 35.9 Å². The molecule has 0 bridgehead atoms. The highest BCUT2D eigenvalue weighted by molar-refractivity contribution is 7.98. The predicted octanol–water partition coefficient (Wildman–Crippen LogP) is 3.48. The van der Waals surface area contributed by atoms with Gasteiger partial charge in [-0.3, -0.25) is 0 Å². The van der Waals surface area contributed by atoms with E-state index in [-0.39, 0.29) is 0 Å². The van der Waals surface area contributed by atoms with E-state index in [4.69, 9.17) is 22.6 Å². The standard InChI is InChI=1S/C13H10ClN3S/c14-10-1-2-12(16)13(6-10)18-8-9-3-4-17-11(5-9)7-15/h1-6H,8,16H2. The summed E-state index contributed by atoms with van der Waals surface area (Å²) >= 11 is 7.51. The lowest BCUT2D eigenvalue weighted by atomic mass is 10.2. The largest absolute Gasteiger partial charge is 0.398 e. The average Bonchev–Trinajstić information content (AvgIpc) is 2.40. The first-order chi connectivity index (χ1) is 8.69. The number of hydrogen-bond acceptors (Lipinski definition) is 4. The van der Waals surface area contributed by atoms with Crippen LogP contribution < -0.4 is 5.73 Å². The van der Waals surface area contributed by atoms with Crippen LogP contribution in [-0.4, -0.2) is 4.98 Å². The van der Waals surface area contributed by atoms with Gasteiger partial charge in [-0.15, -0.1) is 11.8 Å². The van der Waals surface area contributed by atoms with Crippen LogP contribution in [0.5, 0.6) is 0 Å². The van der Waals surface area contributed by atoms with Crippen molar-refractivity contribution in [1.29, 1.82) is 5.26 Å². The molecule has 18 heavy (non-hydrogen) atoms. The van der Waals surface area contributed by atoms with Gasteiger partial charge < -0.3 is 5.73 Å². The maximum Gasteiger partial charge on any atom is 0.140 e. The maximum atomic E-state index is 8.77. The Hall–Kier alpha value is -1.70. The molecule has 0 saturated heterocycles. The molecule has 1 aromatic heterocycles. The minimum atomic E-state index is 0.423. The summed E-state index contributed by atoms with van der Waals surface area (Å²) in [4.78, 5) is 4.87. The van der Waals surface area contributed by atoms with Crippen LogP contribution in [0.1, 0.15) is 11.3 Å². The van der Waals surface area contributed by atoms with E-state index in [1.807, 2.05) is 18.2 Å². The Morgan fingerprint density at radius 1 is 1.33 bits per heavy atom. The molecule has 0 aliphatic rings. The number of nitriles is 1. The van der Waals surface area contributed by atoms with Gasteiger partial charge in [0.1, 0.15) is 11.8 Å². The number of hydrogen-bond donors (Lipinski definition) is 1. The quantitative estimate of drug-likeness (QED) is 0.688. The first-order valence-electron chi connectivity index (χ1n) is 5.22. The Morgan fingerprint density at radius 3 is 2.94 bits per heavy atom.